The first kappa shape index (κ1) is 13.7. The Hall–Kier alpha value is -1.32. The monoisotopic (exact) mass is 254 g/mol. The van der Waals surface area contributed by atoms with Crippen molar-refractivity contribution in [3.05, 3.63) is 48.6 Å². The van der Waals surface area contributed by atoms with Crippen molar-refractivity contribution in [3.63, 3.8) is 0 Å². The molecule has 92 valence electrons. The first-order chi connectivity index (χ1) is 8.00. The minimum absolute atomic E-state index is 0.0490. The Morgan fingerprint density at radius 3 is 2.71 bits per heavy atom. The molecule has 1 N–H and O–H groups in total. The van der Waals surface area contributed by atoms with E-state index in [0.29, 0.717) is 5.56 Å². The van der Waals surface area contributed by atoms with Gasteiger partial charge in [0.05, 0.1) is 5.38 Å². The molecule has 0 spiro atoms. The lowest BCUT2D eigenvalue weighted by Gasteiger charge is -2.26. The number of ether oxygens (including phenoxy) is 1. The van der Waals surface area contributed by atoms with E-state index >= 15 is 0 Å². The Balaban J connectivity index is 2.82. The van der Waals surface area contributed by atoms with Gasteiger partial charge in [0.2, 0.25) is 0 Å². The molecule has 3 nitrogen and oxygen atoms in total. The van der Waals surface area contributed by atoms with E-state index in [1.807, 2.05) is 6.07 Å². The van der Waals surface area contributed by atoms with Crippen molar-refractivity contribution in [1.82, 2.24) is 0 Å². The molecule has 1 rings (SSSR count). The van der Waals surface area contributed by atoms with Crippen molar-refractivity contribution in [1.29, 1.82) is 0 Å². The van der Waals surface area contributed by atoms with Crippen molar-refractivity contribution >= 4 is 17.6 Å². The summed E-state index contributed by atoms with van der Waals surface area (Å²) < 4.78 is 4.81. The molecule has 0 heterocycles. The lowest BCUT2D eigenvalue weighted by Crippen LogP contribution is -2.40. The zero-order chi connectivity index (χ0) is 12.9. The van der Waals surface area contributed by atoms with Crippen molar-refractivity contribution in [3.8, 4) is 0 Å². The van der Waals surface area contributed by atoms with Crippen molar-refractivity contribution in [2.75, 3.05) is 6.61 Å². The first-order valence-corrected chi connectivity index (χ1v) is 5.63. The van der Waals surface area contributed by atoms with Gasteiger partial charge in [-0.15, -0.1) is 11.6 Å². The van der Waals surface area contributed by atoms with Crippen molar-refractivity contribution in [2.45, 2.75) is 17.9 Å². The molecule has 0 radical (unpaired) electrons. The lowest BCUT2D eigenvalue weighted by atomic mass is 9.96. The van der Waals surface area contributed by atoms with Crippen LogP contribution < -0.4 is 0 Å². The van der Waals surface area contributed by atoms with Gasteiger partial charge in [0.15, 0.2) is 5.60 Å². The maximum Gasteiger partial charge on any atom is 0.340 e. The van der Waals surface area contributed by atoms with Gasteiger partial charge in [0.1, 0.15) is 6.61 Å². The second-order valence-electron chi connectivity index (χ2n) is 3.81. The van der Waals surface area contributed by atoms with Gasteiger partial charge in [0.25, 0.3) is 0 Å². The SMILES string of the molecule is C=CCOC(=O)[C@](C)(O)[C@@H](Cl)c1ccccc1. The number of rotatable bonds is 5. The molecule has 0 fully saturated rings. The molecule has 0 aliphatic heterocycles. The molecule has 1 aromatic carbocycles. The zero-order valence-electron chi connectivity index (χ0n) is 9.60. The van der Waals surface area contributed by atoms with E-state index in [1.165, 1.54) is 13.0 Å². The third-order valence-corrected chi connectivity index (χ3v) is 3.01. The van der Waals surface area contributed by atoms with Crippen LogP contribution in [0.4, 0.5) is 0 Å². The van der Waals surface area contributed by atoms with Crippen molar-refractivity contribution < 1.29 is 14.6 Å². The quantitative estimate of drug-likeness (QED) is 0.499. The number of halogens is 1. The number of hydrogen-bond donors (Lipinski definition) is 1. The van der Waals surface area contributed by atoms with Gasteiger partial charge in [-0.25, -0.2) is 4.79 Å². The second-order valence-corrected chi connectivity index (χ2v) is 4.24. The molecule has 0 aromatic heterocycles. The summed E-state index contributed by atoms with van der Waals surface area (Å²) in [6.07, 6.45) is 1.43. The highest BCUT2D eigenvalue weighted by Crippen LogP contribution is 2.33. The first-order valence-electron chi connectivity index (χ1n) is 5.19. The summed E-state index contributed by atoms with van der Waals surface area (Å²) in [7, 11) is 0. The van der Waals surface area contributed by atoms with E-state index in [4.69, 9.17) is 16.3 Å². The molecule has 4 heteroatoms. The highest BCUT2D eigenvalue weighted by molar-refractivity contribution is 6.23. The van der Waals surface area contributed by atoms with E-state index < -0.39 is 16.9 Å². The number of aliphatic hydroxyl groups is 1. The molecule has 0 saturated heterocycles. The van der Waals surface area contributed by atoms with E-state index in [1.54, 1.807) is 24.3 Å². The predicted molar refractivity (Wildman–Crippen MR) is 66.8 cm³/mol. The molecular weight excluding hydrogens is 240 g/mol. The van der Waals surface area contributed by atoms with Gasteiger partial charge >= 0.3 is 5.97 Å². The fraction of sp³-hybridized carbons (Fsp3) is 0.308. The normalized spacial score (nSPS) is 15.7. The molecule has 2 atom stereocenters. The molecule has 0 aliphatic rings. The van der Waals surface area contributed by atoms with Crippen LogP contribution in [0.5, 0.6) is 0 Å². The van der Waals surface area contributed by atoms with E-state index in [0.717, 1.165) is 0 Å². The van der Waals surface area contributed by atoms with Gasteiger partial charge in [0, 0.05) is 0 Å². The second kappa shape index (κ2) is 5.84. The fourth-order valence-corrected chi connectivity index (χ4v) is 1.57. The van der Waals surface area contributed by atoms with Crippen molar-refractivity contribution in [2.24, 2.45) is 0 Å². The molecule has 1 aromatic rings. The van der Waals surface area contributed by atoms with Gasteiger partial charge in [-0.2, -0.15) is 0 Å². The highest BCUT2D eigenvalue weighted by Gasteiger charge is 2.40. The topological polar surface area (TPSA) is 46.5 Å². The molecule has 0 saturated carbocycles. The minimum Gasteiger partial charge on any atom is -0.459 e. The maximum absolute atomic E-state index is 11.6. The summed E-state index contributed by atoms with van der Waals surface area (Å²) in [5, 5.41) is 9.23. The van der Waals surface area contributed by atoms with Crippen LogP contribution in [-0.4, -0.2) is 23.3 Å². The van der Waals surface area contributed by atoms with E-state index in [2.05, 4.69) is 6.58 Å². The summed E-state index contributed by atoms with van der Waals surface area (Å²) in [6, 6.07) is 8.89. The summed E-state index contributed by atoms with van der Waals surface area (Å²) in [5.74, 6) is -0.763. The van der Waals surface area contributed by atoms with Crippen LogP contribution in [0.1, 0.15) is 17.9 Å². The number of carbonyl (C=O) groups is 1. The largest absolute Gasteiger partial charge is 0.459 e. The summed E-state index contributed by atoms with van der Waals surface area (Å²) >= 11 is 6.10. The number of esters is 1. The Labute approximate surface area is 106 Å². The number of hydrogen-bond acceptors (Lipinski definition) is 3. The molecular formula is C13H15ClO3. The smallest absolute Gasteiger partial charge is 0.340 e. The van der Waals surface area contributed by atoms with Crippen LogP contribution in [0.3, 0.4) is 0 Å². The summed E-state index contributed by atoms with van der Waals surface area (Å²) in [5.41, 5.74) is -1.11. The fourth-order valence-electron chi connectivity index (χ4n) is 1.33. The molecule has 0 bridgehead atoms. The Morgan fingerprint density at radius 1 is 1.59 bits per heavy atom. The van der Waals surface area contributed by atoms with Crippen LogP contribution in [0.25, 0.3) is 0 Å². The third kappa shape index (κ3) is 3.32. The van der Waals surface area contributed by atoms with E-state index in [9.17, 15) is 9.90 Å². The Morgan fingerprint density at radius 2 is 2.18 bits per heavy atom. The predicted octanol–water partition coefficient (Wildman–Crippen LogP) is 2.45. The average molecular weight is 255 g/mol. The standard InChI is InChI=1S/C13H15ClO3/c1-3-9-17-12(15)13(2,16)11(14)10-7-5-4-6-8-10/h3-8,11,16H,1,9H2,2H3/t11-,13+/m0/s1. The van der Waals surface area contributed by atoms with Gasteiger partial charge in [-0.05, 0) is 12.5 Å². The van der Waals surface area contributed by atoms with Crippen LogP contribution in [0.2, 0.25) is 0 Å². The molecule has 0 aliphatic carbocycles. The zero-order valence-corrected chi connectivity index (χ0v) is 10.4. The van der Waals surface area contributed by atoms with Crippen LogP contribution in [0.15, 0.2) is 43.0 Å². The van der Waals surface area contributed by atoms with Crippen LogP contribution in [0, 0.1) is 0 Å². The number of alkyl halides is 1. The average Bonchev–Trinajstić information content (AvgIpc) is 2.35. The summed E-state index contributed by atoms with van der Waals surface area (Å²) in [4.78, 5) is 11.6. The lowest BCUT2D eigenvalue weighted by molar-refractivity contribution is -0.162. The minimum atomic E-state index is -1.77. The molecule has 0 unspecified atom stereocenters. The van der Waals surface area contributed by atoms with Crippen LogP contribution in [-0.2, 0) is 9.53 Å². The number of benzene rings is 1. The Kier molecular flexibility index (Phi) is 4.73. The van der Waals surface area contributed by atoms with Gasteiger partial charge in [-0.1, -0.05) is 43.0 Å². The van der Waals surface area contributed by atoms with Gasteiger partial charge < -0.3 is 9.84 Å². The van der Waals surface area contributed by atoms with Crippen LogP contribution >= 0.6 is 11.6 Å². The third-order valence-electron chi connectivity index (χ3n) is 2.33. The number of carbonyl (C=O) groups excluding carboxylic acids is 1. The molecule has 0 amide bonds. The van der Waals surface area contributed by atoms with Gasteiger partial charge in [-0.3, -0.25) is 0 Å². The summed E-state index contributed by atoms with van der Waals surface area (Å²) in [6.45, 7) is 4.81. The maximum atomic E-state index is 11.6. The van der Waals surface area contributed by atoms with E-state index in [-0.39, 0.29) is 6.61 Å². The highest BCUT2D eigenvalue weighted by atomic mass is 35.5. The Bertz CT molecular complexity index is 387. The molecule has 17 heavy (non-hydrogen) atoms.